The summed E-state index contributed by atoms with van der Waals surface area (Å²) in [6.07, 6.45) is 5.61. The summed E-state index contributed by atoms with van der Waals surface area (Å²) in [6, 6.07) is 15.3. The van der Waals surface area contributed by atoms with Gasteiger partial charge in [-0.2, -0.15) is 0 Å². The van der Waals surface area contributed by atoms with Crippen molar-refractivity contribution in [1.82, 2.24) is 15.3 Å². The summed E-state index contributed by atoms with van der Waals surface area (Å²) >= 11 is 3.58. The summed E-state index contributed by atoms with van der Waals surface area (Å²) in [7, 11) is 0. The fourth-order valence-corrected chi connectivity index (χ4v) is 3.46. The second kappa shape index (κ2) is 7.25. The number of hydrogen-bond donors (Lipinski definition) is 1. The maximum absolute atomic E-state index is 12.6. The molecule has 0 bridgehead atoms. The number of halogens is 1. The average molecular weight is 410 g/mol. The Balaban J connectivity index is 1.41. The lowest BCUT2D eigenvalue weighted by atomic mass is 10.1. The second-order valence-electron chi connectivity index (χ2n) is 6.12. The fourth-order valence-electron chi connectivity index (χ4n) is 2.89. The lowest BCUT2D eigenvalue weighted by Crippen LogP contribution is -2.26. The molecule has 2 atom stereocenters. The number of aromatic nitrogens is 2. The van der Waals surface area contributed by atoms with E-state index in [1.807, 2.05) is 18.2 Å². The molecule has 6 heteroatoms. The molecule has 26 heavy (non-hydrogen) atoms. The van der Waals surface area contributed by atoms with E-state index in [4.69, 9.17) is 4.74 Å². The van der Waals surface area contributed by atoms with Crippen LogP contribution in [0.25, 0.3) is 0 Å². The standard InChI is InChI=1S/C20H16BrN3O2/c21-17-7-2-1-6-15(17)16-11-18(16)24-20(25)13-4-3-5-14(10-13)26-19-12-22-8-9-23-19/h1-10,12,16,18H,11H2,(H,24,25)/t16-,18+/m0/s1. The van der Waals surface area contributed by atoms with Gasteiger partial charge in [-0.15, -0.1) is 0 Å². The molecular formula is C20H16BrN3O2. The zero-order valence-corrected chi connectivity index (χ0v) is 15.4. The van der Waals surface area contributed by atoms with E-state index in [1.54, 1.807) is 36.7 Å². The topological polar surface area (TPSA) is 64.1 Å². The van der Waals surface area contributed by atoms with E-state index in [-0.39, 0.29) is 11.9 Å². The fraction of sp³-hybridized carbons (Fsp3) is 0.150. The third-order valence-electron chi connectivity index (χ3n) is 4.27. The smallest absolute Gasteiger partial charge is 0.251 e. The van der Waals surface area contributed by atoms with Gasteiger partial charge < -0.3 is 10.1 Å². The number of ether oxygens (including phenoxy) is 1. The summed E-state index contributed by atoms with van der Waals surface area (Å²) in [6.45, 7) is 0. The van der Waals surface area contributed by atoms with Gasteiger partial charge in [0.2, 0.25) is 5.88 Å². The summed E-state index contributed by atoms with van der Waals surface area (Å²) in [5.74, 6) is 1.19. The van der Waals surface area contributed by atoms with Crippen LogP contribution in [0.5, 0.6) is 11.6 Å². The van der Waals surface area contributed by atoms with Crippen LogP contribution in [0.3, 0.4) is 0 Å². The van der Waals surface area contributed by atoms with Crippen molar-refractivity contribution in [1.29, 1.82) is 0 Å². The van der Waals surface area contributed by atoms with Gasteiger partial charge in [0.1, 0.15) is 5.75 Å². The molecule has 1 fully saturated rings. The van der Waals surface area contributed by atoms with Crippen molar-refractivity contribution in [3.63, 3.8) is 0 Å². The zero-order valence-electron chi connectivity index (χ0n) is 13.8. The van der Waals surface area contributed by atoms with Crippen LogP contribution in [0.15, 0.2) is 71.6 Å². The van der Waals surface area contributed by atoms with Crippen LogP contribution in [0, 0.1) is 0 Å². The number of amides is 1. The van der Waals surface area contributed by atoms with Crippen LogP contribution in [-0.2, 0) is 0 Å². The molecular weight excluding hydrogens is 394 g/mol. The maximum atomic E-state index is 12.6. The number of carbonyl (C=O) groups is 1. The molecule has 1 N–H and O–H groups in total. The van der Waals surface area contributed by atoms with E-state index in [0.29, 0.717) is 23.1 Å². The number of rotatable bonds is 5. The highest BCUT2D eigenvalue weighted by molar-refractivity contribution is 9.10. The Bertz CT molecular complexity index is 933. The lowest BCUT2D eigenvalue weighted by Gasteiger charge is -2.08. The Labute approximate surface area is 159 Å². The van der Waals surface area contributed by atoms with Gasteiger partial charge in [0, 0.05) is 34.4 Å². The number of nitrogens with zero attached hydrogens (tertiary/aromatic N) is 2. The van der Waals surface area contributed by atoms with Crippen LogP contribution >= 0.6 is 15.9 Å². The van der Waals surface area contributed by atoms with Crippen molar-refractivity contribution >= 4 is 21.8 Å². The number of nitrogens with one attached hydrogen (secondary N) is 1. The minimum atomic E-state index is -0.103. The molecule has 1 aliphatic carbocycles. The Morgan fingerprint density at radius 3 is 2.85 bits per heavy atom. The SMILES string of the molecule is O=C(N[C@@H]1C[C@H]1c1ccccc1Br)c1cccc(Oc2cnccn2)c1. The molecule has 4 rings (SSSR count). The Morgan fingerprint density at radius 1 is 1.15 bits per heavy atom. The van der Waals surface area contributed by atoms with Crippen molar-refractivity contribution < 1.29 is 9.53 Å². The molecule has 0 unspecified atom stereocenters. The first-order chi connectivity index (χ1) is 12.7. The summed E-state index contributed by atoms with van der Waals surface area (Å²) < 4.78 is 6.72. The molecule has 5 nitrogen and oxygen atoms in total. The van der Waals surface area contributed by atoms with Gasteiger partial charge >= 0.3 is 0 Å². The summed E-state index contributed by atoms with van der Waals surface area (Å²) in [4.78, 5) is 20.6. The highest BCUT2D eigenvalue weighted by Crippen LogP contribution is 2.43. The first kappa shape index (κ1) is 16.7. The zero-order chi connectivity index (χ0) is 17.9. The van der Waals surface area contributed by atoms with E-state index < -0.39 is 0 Å². The average Bonchev–Trinajstić information content (AvgIpc) is 3.42. The number of benzene rings is 2. The van der Waals surface area contributed by atoms with E-state index >= 15 is 0 Å². The summed E-state index contributed by atoms with van der Waals surface area (Å²) in [5, 5.41) is 3.09. The van der Waals surface area contributed by atoms with E-state index in [0.717, 1.165) is 10.9 Å². The lowest BCUT2D eigenvalue weighted by molar-refractivity contribution is 0.0950. The highest BCUT2D eigenvalue weighted by atomic mass is 79.9. The Morgan fingerprint density at radius 2 is 2.04 bits per heavy atom. The van der Waals surface area contributed by atoms with Crippen molar-refractivity contribution in [3.8, 4) is 11.6 Å². The Kier molecular flexibility index (Phi) is 4.67. The number of hydrogen-bond acceptors (Lipinski definition) is 4. The van der Waals surface area contributed by atoms with Crippen molar-refractivity contribution in [2.75, 3.05) is 0 Å². The van der Waals surface area contributed by atoms with E-state index in [1.165, 1.54) is 11.8 Å². The maximum Gasteiger partial charge on any atom is 0.251 e. The normalized spacial score (nSPS) is 18.2. The summed E-state index contributed by atoms with van der Waals surface area (Å²) in [5.41, 5.74) is 1.79. The van der Waals surface area contributed by atoms with Gasteiger partial charge in [-0.3, -0.25) is 9.78 Å². The number of carbonyl (C=O) groups excluding carboxylic acids is 1. The molecule has 1 aliphatic rings. The molecule has 130 valence electrons. The Hall–Kier alpha value is -2.73. The molecule has 3 aromatic rings. The van der Waals surface area contributed by atoms with Gasteiger partial charge in [-0.1, -0.05) is 40.2 Å². The monoisotopic (exact) mass is 409 g/mol. The molecule has 0 aliphatic heterocycles. The van der Waals surface area contributed by atoms with Crippen LogP contribution in [0.2, 0.25) is 0 Å². The first-order valence-electron chi connectivity index (χ1n) is 8.30. The van der Waals surface area contributed by atoms with Crippen LogP contribution in [0.1, 0.15) is 28.3 Å². The van der Waals surface area contributed by atoms with Gasteiger partial charge in [-0.05, 0) is 36.2 Å². The second-order valence-corrected chi connectivity index (χ2v) is 6.97. The molecule has 1 aromatic heterocycles. The largest absolute Gasteiger partial charge is 0.437 e. The molecule has 1 saturated carbocycles. The van der Waals surface area contributed by atoms with Gasteiger partial charge in [0.25, 0.3) is 5.91 Å². The van der Waals surface area contributed by atoms with Crippen LogP contribution in [0.4, 0.5) is 0 Å². The van der Waals surface area contributed by atoms with Crippen molar-refractivity contribution in [2.24, 2.45) is 0 Å². The first-order valence-corrected chi connectivity index (χ1v) is 9.09. The third-order valence-corrected chi connectivity index (χ3v) is 4.99. The molecule has 0 saturated heterocycles. The molecule has 0 spiro atoms. The van der Waals surface area contributed by atoms with Crippen molar-refractivity contribution in [3.05, 3.63) is 82.7 Å². The highest BCUT2D eigenvalue weighted by Gasteiger charge is 2.40. The molecule has 1 amide bonds. The molecule has 0 radical (unpaired) electrons. The van der Waals surface area contributed by atoms with Gasteiger partial charge in [-0.25, -0.2) is 4.98 Å². The minimum Gasteiger partial charge on any atom is -0.437 e. The van der Waals surface area contributed by atoms with Crippen LogP contribution in [-0.4, -0.2) is 21.9 Å². The van der Waals surface area contributed by atoms with E-state index in [2.05, 4.69) is 37.3 Å². The van der Waals surface area contributed by atoms with Crippen molar-refractivity contribution in [2.45, 2.75) is 18.4 Å². The predicted octanol–water partition coefficient (Wildman–Crippen LogP) is 4.32. The van der Waals surface area contributed by atoms with E-state index in [9.17, 15) is 4.79 Å². The minimum absolute atomic E-state index is 0.103. The van der Waals surface area contributed by atoms with Gasteiger partial charge in [0.15, 0.2) is 0 Å². The van der Waals surface area contributed by atoms with Crippen LogP contribution < -0.4 is 10.1 Å². The third kappa shape index (κ3) is 3.75. The quantitative estimate of drug-likeness (QED) is 0.681. The van der Waals surface area contributed by atoms with Gasteiger partial charge in [0.05, 0.1) is 6.20 Å². The molecule has 1 heterocycles. The predicted molar refractivity (Wildman–Crippen MR) is 101 cm³/mol. The molecule has 2 aromatic carbocycles.